The molecule has 4 aromatic rings. The number of hydrogen-bond acceptors (Lipinski definition) is 6. The van der Waals surface area contributed by atoms with Crippen LogP contribution < -0.4 is 14.4 Å². The minimum Gasteiger partial charge on any atom is -0.497 e. The Hall–Kier alpha value is -4.77. The summed E-state index contributed by atoms with van der Waals surface area (Å²) in [4.78, 5) is 33.4. The Labute approximate surface area is 259 Å². The lowest BCUT2D eigenvalue weighted by Gasteiger charge is -2.37. The van der Waals surface area contributed by atoms with Crippen molar-refractivity contribution < 1.29 is 27.8 Å². The van der Waals surface area contributed by atoms with Crippen molar-refractivity contribution in [3.05, 3.63) is 89.6 Å². The fourth-order valence-electron chi connectivity index (χ4n) is 6.54. The lowest BCUT2D eigenvalue weighted by atomic mass is 9.65. The van der Waals surface area contributed by atoms with Crippen LogP contribution in [0.3, 0.4) is 0 Å². The van der Waals surface area contributed by atoms with Gasteiger partial charge in [0.15, 0.2) is 11.6 Å². The molecule has 3 aromatic carbocycles. The molecule has 3 heterocycles. The lowest BCUT2D eigenvalue weighted by molar-refractivity contribution is -0.126. The lowest BCUT2D eigenvalue weighted by Crippen LogP contribution is -2.48. The number of carbonyl (C=O) groups excluding carboxylic acids is 2. The molecule has 232 valence electrons. The fourth-order valence-corrected chi connectivity index (χ4v) is 6.54. The van der Waals surface area contributed by atoms with Crippen molar-refractivity contribution in [3.8, 4) is 28.4 Å². The number of carbonyl (C=O) groups is 2. The van der Waals surface area contributed by atoms with Crippen LogP contribution in [-0.4, -0.2) is 71.9 Å². The van der Waals surface area contributed by atoms with E-state index in [1.54, 1.807) is 29.0 Å². The minimum absolute atomic E-state index is 0.0355. The second-order valence-electron chi connectivity index (χ2n) is 11.9. The first-order valence-corrected chi connectivity index (χ1v) is 15.1. The zero-order valence-corrected chi connectivity index (χ0v) is 25.1. The number of nitrogens with zero attached hydrogens (tertiary/aromatic N) is 5. The maximum Gasteiger partial charge on any atom is 0.415 e. The minimum atomic E-state index is -0.765. The van der Waals surface area contributed by atoms with Gasteiger partial charge in [-0.25, -0.2) is 18.3 Å². The van der Waals surface area contributed by atoms with Crippen molar-refractivity contribution in [2.75, 3.05) is 45.2 Å². The van der Waals surface area contributed by atoms with Gasteiger partial charge >= 0.3 is 6.09 Å². The highest BCUT2D eigenvalue weighted by atomic mass is 19.1. The van der Waals surface area contributed by atoms with Crippen molar-refractivity contribution in [3.63, 3.8) is 0 Å². The van der Waals surface area contributed by atoms with Crippen LogP contribution >= 0.6 is 0 Å². The summed E-state index contributed by atoms with van der Waals surface area (Å²) in [6.45, 7) is 2.77. The van der Waals surface area contributed by atoms with Gasteiger partial charge in [-0.15, -0.1) is 0 Å². The third-order valence-electron chi connectivity index (χ3n) is 9.26. The smallest absolute Gasteiger partial charge is 0.415 e. The predicted molar refractivity (Wildman–Crippen MR) is 164 cm³/mol. The Morgan fingerprint density at radius 1 is 0.978 bits per heavy atom. The van der Waals surface area contributed by atoms with E-state index in [-0.39, 0.29) is 23.9 Å². The van der Waals surface area contributed by atoms with Crippen molar-refractivity contribution in [2.24, 2.45) is 0 Å². The number of hydrogen-bond donors (Lipinski definition) is 0. The van der Waals surface area contributed by atoms with E-state index in [4.69, 9.17) is 9.47 Å². The number of rotatable bonds is 6. The average Bonchev–Trinajstić information content (AvgIpc) is 3.59. The molecule has 1 saturated heterocycles. The van der Waals surface area contributed by atoms with Crippen molar-refractivity contribution in [2.45, 2.75) is 31.2 Å². The number of fused-ring (bicyclic) bond motifs is 2. The van der Waals surface area contributed by atoms with Gasteiger partial charge < -0.3 is 24.2 Å². The summed E-state index contributed by atoms with van der Waals surface area (Å²) >= 11 is 0. The van der Waals surface area contributed by atoms with Gasteiger partial charge in [0.05, 0.1) is 36.6 Å². The third-order valence-corrected chi connectivity index (χ3v) is 9.26. The zero-order chi connectivity index (χ0) is 31.3. The maximum absolute atomic E-state index is 14.9. The Morgan fingerprint density at radius 2 is 1.73 bits per heavy atom. The van der Waals surface area contributed by atoms with Crippen LogP contribution in [0, 0.1) is 11.6 Å². The molecule has 0 radical (unpaired) electrons. The standard InChI is InChI=1S/C34H33F2N5O4/c1-38-14-16-39(17-15-38)33(43)45-30-19-23(28-10-13-37-41(28)29-9-6-24(35)20-27(29)36)18-26-31(30)40(32(42)34(26)11-3-12-34)21-22-4-7-25(44-2)8-5-22/h4-10,13,18-20H,3,11-12,14-17,21H2,1-2H3. The number of ether oxygens (including phenoxy) is 2. The number of anilines is 1. The van der Waals surface area contributed by atoms with Gasteiger partial charge in [0.2, 0.25) is 5.91 Å². The number of aromatic nitrogens is 2. The molecule has 9 nitrogen and oxygen atoms in total. The van der Waals surface area contributed by atoms with E-state index < -0.39 is 23.1 Å². The Balaban J connectivity index is 1.35. The highest BCUT2D eigenvalue weighted by molar-refractivity contribution is 6.11. The van der Waals surface area contributed by atoms with Gasteiger partial charge in [-0.05, 0) is 73.5 Å². The number of piperazine rings is 1. The van der Waals surface area contributed by atoms with Crippen molar-refractivity contribution >= 4 is 17.7 Å². The molecule has 2 amide bonds. The van der Waals surface area contributed by atoms with Crippen molar-refractivity contribution in [1.29, 1.82) is 0 Å². The summed E-state index contributed by atoms with van der Waals surface area (Å²) in [6.07, 6.45) is 3.26. The molecular formula is C34H33F2N5O4. The van der Waals surface area contributed by atoms with Gasteiger partial charge in [0.25, 0.3) is 0 Å². The second-order valence-corrected chi connectivity index (χ2v) is 11.9. The molecule has 3 aliphatic rings. The van der Waals surface area contributed by atoms with E-state index in [0.29, 0.717) is 48.6 Å². The third kappa shape index (κ3) is 5.01. The van der Waals surface area contributed by atoms with E-state index in [0.717, 1.165) is 36.7 Å². The quantitative estimate of drug-likeness (QED) is 0.284. The molecule has 1 spiro atoms. The first-order valence-electron chi connectivity index (χ1n) is 15.1. The molecule has 1 saturated carbocycles. The molecule has 11 heteroatoms. The van der Waals surface area contributed by atoms with Crippen LogP contribution in [0.1, 0.15) is 30.4 Å². The number of halogens is 2. The summed E-state index contributed by atoms with van der Waals surface area (Å²) in [5.41, 5.74) is 2.68. The molecule has 1 aromatic heterocycles. The summed E-state index contributed by atoms with van der Waals surface area (Å²) in [5.74, 6) is -0.527. The molecule has 0 bridgehead atoms. The molecule has 2 aliphatic heterocycles. The molecule has 45 heavy (non-hydrogen) atoms. The van der Waals surface area contributed by atoms with Gasteiger partial charge in [-0.2, -0.15) is 5.10 Å². The first-order chi connectivity index (χ1) is 21.8. The Morgan fingerprint density at radius 3 is 2.40 bits per heavy atom. The zero-order valence-electron chi connectivity index (χ0n) is 25.1. The average molecular weight is 614 g/mol. The SMILES string of the molecule is COc1ccc(CN2C(=O)C3(CCC3)c3cc(-c4ccnn4-c4ccc(F)cc4F)cc(OC(=O)N4CCN(C)CC4)c32)cc1. The summed E-state index contributed by atoms with van der Waals surface area (Å²) < 4.78 is 41.5. The molecule has 0 N–H and O–H groups in total. The molecule has 7 rings (SSSR count). The first kappa shape index (κ1) is 29.0. The maximum atomic E-state index is 14.9. The molecule has 1 aliphatic carbocycles. The monoisotopic (exact) mass is 613 g/mol. The van der Waals surface area contributed by atoms with Gasteiger partial charge in [-0.1, -0.05) is 18.6 Å². The van der Waals surface area contributed by atoms with Crippen LogP contribution in [0.25, 0.3) is 16.9 Å². The molecule has 2 fully saturated rings. The van der Waals surface area contributed by atoms with Crippen LogP contribution in [0.15, 0.2) is 66.9 Å². The summed E-state index contributed by atoms with van der Waals surface area (Å²) in [6, 6.07) is 16.2. The number of amides is 2. The van der Waals surface area contributed by atoms with Crippen molar-refractivity contribution in [1.82, 2.24) is 19.6 Å². The van der Waals surface area contributed by atoms with E-state index in [2.05, 4.69) is 10.00 Å². The highest BCUT2D eigenvalue weighted by Crippen LogP contribution is 2.57. The number of likely N-dealkylation sites (N-methyl/N-ethyl adjacent to an activating group) is 1. The number of methoxy groups -OCH3 is 1. The summed E-state index contributed by atoms with van der Waals surface area (Å²) in [5, 5.41) is 4.33. The van der Waals surface area contributed by atoms with Crippen LogP contribution in [-0.2, 0) is 16.8 Å². The largest absolute Gasteiger partial charge is 0.497 e. The molecular weight excluding hydrogens is 580 g/mol. The molecule has 0 unspecified atom stereocenters. The van der Waals surface area contributed by atoms with Gasteiger partial charge in [-0.3, -0.25) is 4.79 Å². The van der Waals surface area contributed by atoms with Gasteiger partial charge in [0, 0.05) is 37.8 Å². The molecule has 0 atom stereocenters. The Bertz CT molecular complexity index is 1780. The predicted octanol–water partition coefficient (Wildman–Crippen LogP) is 5.54. The van der Waals surface area contributed by atoms with E-state index in [1.807, 2.05) is 37.4 Å². The van der Waals surface area contributed by atoms with E-state index >= 15 is 0 Å². The number of benzene rings is 3. The van der Waals surface area contributed by atoms with E-state index in [9.17, 15) is 18.4 Å². The topological polar surface area (TPSA) is 80.1 Å². The van der Waals surface area contributed by atoms with E-state index in [1.165, 1.54) is 23.0 Å². The van der Waals surface area contributed by atoms with Crippen LogP contribution in [0.2, 0.25) is 0 Å². The normalized spacial score (nSPS) is 17.4. The van der Waals surface area contributed by atoms with Crippen LogP contribution in [0.4, 0.5) is 19.3 Å². The fraction of sp³-hybridized carbons (Fsp3) is 0.324. The second kappa shape index (κ2) is 11.3. The summed E-state index contributed by atoms with van der Waals surface area (Å²) in [7, 11) is 3.61. The van der Waals surface area contributed by atoms with Crippen LogP contribution in [0.5, 0.6) is 11.5 Å². The highest BCUT2D eigenvalue weighted by Gasteiger charge is 2.55. The Kier molecular flexibility index (Phi) is 7.27. The van der Waals surface area contributed by atoms with Gasteiger partial charge in [0.1, 0.15) is 17.3 Å².